The van der Waals surface area contributed by atoms with Gasteiger partial charge in [0, 0.05) is 19.7 Å². The van der Waals surface area contributed by atoms with Crippen LogP contribution in [0.4, 0.5) is 0 Å². The zero-order chi connectivity index (χ0) is 26.3. The molecule has 1 fully saturated rings. The van der Waals surface area contributed by atoms with Crippen LogP contribution in [0, 0.1) is 6.92 Å². The van der Waals surface area contributed by atoms with E-state index in [1.54, 1.807) is 6.92 Å². The van der Waals surface area contributed by atoms with Gasteiger partial charge >= 0.3 is 7.12 Å². The van der Waals surface area contributed by atoms with Gasteiger partial charge in [-0.3, -0.25) is 9.59 Å². The monoisotopic (exact) mass is 498 g/mol. The highest BCUT2D eigenvalue weighted by Crippen LogP contribution is 2.37. The van der Waals surface area contributed by atoms with Crippen molar-refractivity contribution in [2.24, 2.45) is 0 Å². The number of methoxy groups -OCH3 is 1. The number of ether oxygens (including phenoxy) is 2. The Morgan fingerprint density at radius 2 is 1.72 bits per heavy atom. The standard InChI is InChI=1S/C25H35BN4O6/c1-17-27-14-12-19(28-17)22(31)29-20(16-33-6)23(32)30-21(13-15-34-18-10-8-7-9-11-18)26-35-24(2,3)25(4,5)36-26/h7-12,14,20-21H,13,15-16H2,1-6H3,(H,29,31)(H,30,32)/t20?,21-/m0/s1. The van der Waals surface area contributed by atoms with Crippen molar-refractivity contribution in [3.63, 3.8) is 0 Å². The first-order valence-electron chi connectivity index (χ1n) is 12.0. The Morgan fingerprint density at radius 1 is 1.06 bits per heavy atom. The van der Waals surface area contributed by atoms with E-state index in [0.717, 1.165) is 5.75 Å². The predicted molar refractivity (Wildman–Crippen MR) is 134 cm³/mol. The van der Waals surface area contributed by atoms with Gasteiger partial charge in [-0.25, -0.2) is 9.97 Å². The molecule has 1 saturated heterocycles. The highest BCUT2D eigenvalue weighted by molar-refractivity contribution is 6.48. The smallest absolute Gasteiger partial charge is 0.481 e. The molecule has 36 heavy (non-hydrogen) atoms. The fraction of sp³-hybridized carbons (Fsp3) is 0.520. The molecular formula is C25H35BN4O6. The Hall–Kier alpha value is -3.02. The van der Waals surface area contributed by atoms with Gasteiger partial charge in [0.05, 0.1) is 30.4 Å². The molecule has 1 unspecified atom stereocenters. The van der Waals surface area contributed by atoms with Gasteiger partial charge in [-0.15, -0.1) is 0 Å². The van der Waals surface area contributed by atoms with Crippen LogP contribution in [0.3, 0.4) is 0 Å². The summed E-state index contributed by atoms with van der Waals surface area (Å²) in [7, 11) is 0.752. The molecule has 11 heteroatoms. The van der Waals surface area contributed by atoms with Gasteiger partial charge in [-0.05, 0) is 52.8 Å². The fourth-order valence-electron chi connectivity index (χ4n) is 3.60. The summed E-state index contributed by atoms with van der Waals surface area (Å²) in [6, 6.07) is 9.94. The molecule has 194 valence electrons. The van der Waals surface area contributed by atoms with Crippen molar-refractivity contribution in [2.45, 2.75) is 64.2 Å². The van der Waals surface area contributed by atoms with E-state index in [1.165, 1.54) is 19.4 Å². The van der Waals surface area contributed by atoms with Crippen LogP contribution in [0.25, 0.3) is 0 Å². The van der Waals surface area contributed by atoms with Crippen LogP contribution < -0.4 is 15.4 Å². The Labute approximate surface area is 212 Å². The van der Waals surface area contributed by atoms with E-state index in [4.69, 9.17) is 18.8 Å². The van der Waals surface area contributed by atoms with E-state index in [0.29, 0.717) is 18.9 Å². The van der Waals surface area contributed by atoms with Crippen molar-refractivity contribution in [3.05, 3.63) is 54.1 Å². The lowest BCUT2D eigenvalue weighted by Crippen LogP contribution is -2.56. The van der Waals surface area contributed by atoms with E-state index < -0.39 is 42.1 Å². The Kier molecular flexibility index (Phi) is 9.05. The summed E-state index contributed by atoms with van der Waals surface area (Å²) < 4.78 is 23.5. The van der Waals surface area contributed by atoms with Crippen LogP contribution in [0.15, 0.2) is 42.6 Å². The van der Waals surface area contributed by atoms with Crippen LogP contribution >= 0.6 is 0 Å². The van der Waals surface area contributed by atoms with Gasteiger partial charge in [-0.1, -0.05) is 18.2 Å². The molecule has 0 aliphatic carbocycles. The Bertz CT molecular complexity index is 1020. The number of rotatable bonds is 11. The van der Waals surface area contributed by atoms with Crippen molar-refractivity contribution in [1.29, 1.82) is 0 Å². The lowest BCUT2D eigenvalue weighted by molar-refractivity contribution is -0.124. The molecule has 0 radical (unpaired) electrons. The number of carbonyl (C=O) groups excluding carboxylic acids is 2. The number of hydrogen-bond donors (Lipinski definition) is 2. The normalized spacial score (nSPS) is 17.8. The third-order valence-corrected chi connectivity index (χ3v) is 6.33. The van der Waals surface area contributed by atoms with Gasteiger partial charge in [0.25, 0.3) is 5.91 Å². The van der Waals surface area contributed by atoms with Crippen LogP contribution in [0.2, 0.25) is 0 Å². The van der Waals surface area contributed by atoms with Crippen molar-refractivity contribution in [1.82, 2.24) is 20.6 Å². The lowest BCUT2D eigenvalue weighted by Gasteiger charge is -2.32. The molecule has 1 aliphatic rings. The second-order valence-corrected chi connectivity index (χ2v) is 9.66. The first-order chi connectivity index (χ1) is 17.0. The lowest BCUT2D eigenvalue weighted by atomic mass is 9.76. The molecule has 0 spiro atoms. The van der Waals surface area contributed by atoms with E-state index in [1.807, 2.05) is 58.0 Å². The molecule has 2 heterocycles. The largest absolute Gasteiger partial charge is 0.494 e. The average molecular weight is 498 g/mol. The minimum absolute atomic E-state index is 0.0295. The molecule has 0 saturated carbocycles. The summed E-state index contributed by atoms with van der Waals surface area (Å²) in [4.78, 5) is 34.1. The first-order valence-corrected chi connectivity index (χ1v) is 12.0. The summed E-state index contributed by atoms with van der Waals surface area (Å²) in [5.74, 6) is -0.302. The highest BCUT2D eigenvalue weighted by atomic mass is 16.7. The third-order valence-electron chi connectivity index (χ3n) is 6.33. The SMILES string of the molecule is COCC(NC(=O)c1ccnc(C)n1)C(=O)N[C@@H](CCOc1ccccc1)B1OC(C)(C)C(C)(C)O1. The van der Waals surface area contributed by atoms with Gasteiger partial charge in [-0.2, -0.15) is 0 Å². The molecule has 2 amide bonds. The van der Waals surface area contributed by atoms with Gasteiger partial charge in [0.1, 0.15) is 23.3 Å². The number of para-hydroxylation sites is 1. The number of aromatic nitrogens is 2. The number of nitrogens with zero attached hydrogens (tertiary/aromatic N) is 2. The molecule has 2 atom stereocenters. The second-order valence-electron chi connectivity index (χ2n) is 9.66. The average Bonchev–Trinajstić information content (AvgIpc) is 3.05. The van der Waals surface area contributed by atoms with Crippen molar-refractivity contribution in [3.8, 4) is 5.75 Å². The zero-order valence-corrected chi connectivity index (χ0v) is 21.7. The fourth-order valence-corrected chi connectivity index (χ4v) is 3.60. The van der Waals surface area contributed by atoms with Crippen molar-refractivity contribution >= 4 is 18.9 Å². The molecule has 1 aromatic carbocycles. The highest BCUT2D eigenvalue weighted by Gasteiger charge is 2.54. The molecule has 1 aliphatic heterocycles. The van der Waals surface area contributed by atoms with E-state index >= 15 is 0 Å². The molecule has 0 bridgehead atoms. The minimum Gasteiger partial charge on any atom is -0.494 e. The summed E-state index contributed by atoms with van der Waals surface area (Å²) >= 11 is 0. The van der Waals surface area contributed by atoms with Crippen LogP contribution in [0.5, 0.6) is 5.75 Å². The molecule has 3 rings (SSSR count). The van der Waals surface area contributed by atoms with E-state index in [-0.39, 0.29) is 12.3 Å². The second kappa shape index (κ2) is 11.8. The van der Waals surface area contributed by atoms with E-state index in [2.05, 4.69) is 20.6 Å². The maximum Gasteiger partial charge on any atom is 0.481 e. The number of amides is 2. The Balaban J connectivity index is 1.72. The molecule has 1 aromatic heterocycles. The number of aryl methyl sites for hydroxylation is 1. The van der Waals surface area contributed by atoms with E-state index in [9.17, 15) is 9.59 Å². The summed E-state index contributed by atoms with van der Waals surface area (Å²) in [6.07, 6.45) is 1.90. The molecule has 2 aromatic rings. The first kappa shape index (κ1) is 27.6. The van der Waals surface area contributed by atoms with Crippen molar-refractivity contribution < 1.29 is 28.4 Å². The minimum atomic E-state index is -0.960. The quantitative estimate of drug-likeness (QED) is 0.452. The third kappa shape index (κ3) is 7.02. The van der Waals surface area contributed by atoms with Crippen LogP contribution in [0.1, 0.15) is 50.4 Å². The topological polar surface area (TPSA) is 121 Å². The van der Waals surface area contributed by atoms with Crippen LogP contribution in [-0.2, 0) is 18.8 Å². The van der Waals surface area contributed by atoms with Crippen LogP contribution in [-0.4, -0.2) is 72.4 Å². The maximum atomic E-state index is 13.3. The maximum absolute atomic E-state index is 13.3. The van der Waals surface area contributed by atoms with Crippen molar-refractivity contribution in [2.75, 3.05) is 20.3 Å². The Morgan fingerprint density at radius 3 is 2.33 bits per heavy atom. The summed E-state index contributed by atoms with van der Waals surface area (Å²) in [6.45, 7) is 9.77. The van der Waals surface area contributed by atoms with Gasteiger partial charge in [0.2, 0.25) is 5.91 Å². The summed E-state index contributed by atoms with van der Waals surface area (Å²) in [5.41, 5.74) is -0.993. The molecule has 10 nitrogen and oxygen atoms in total. The predicted octanol–water partition coefficient (Wildman–Crippen LogP) is 2.12. The van der Waals surface area contributed by atoms with Gasteiger partial charge < -0.3 is 29.4 Å². The molecular weight excluding hydrogens is 463 g/mol. The zero-order valence-electron chi connectivity index (χ0n) is 21.7. The number of carbonyl (C=O) groups is 2. The molecule has 2 N–H and O–H groups in total. The number of benzene rings is 1. The number of hydrogen-bond acceptors (Lipinski definition) is 8. The summed E-state index contributed by atoms with van der Waals surface area (Å²) in [5, 5.41) is 5.67. The number of nitrogens with one attached hydrogen (secondary N) is 2. The van der Waals surface area contributed by atoms with Gasteiger partial charge in [0.15, 0.2) is 0 Å².